The molecule has 1 rings (SSSR count). The molecule has 0 aromatic carbocycles. The minimum absolute atomic E-state index is 0.0496. The highest BCUT2D eigenvalue weighted by Crippen LogP contribution is 2.25. The lowest BCUT2D eigenvalue weighted by Crippen LogP contribution is -2.58. The predicted octanol–water partition coefficient (Wildman–Crippen LogP) is 0.0213. The highest BCUT2D eigenvalue weighted by molar-refractivity contribution is 4.94. The van der Waals surface area contributed by atoms with Crippen molar-refractivity contribution >= 4 is 0 Å². The lowest BCUT2D eigenvalue weighted by molar-refractivity contribution is -0.00648. The molecule has 0 saturated carbocycles. The molecule has 0 radical (unpaired) electrons. The zero-order chi connectivity index (χ0) is 11.3. The summed E-state index contributed by atoms with van der Waals surface area (Å²) in [4.78, 5) is 4.54. The van der Waals surface area contributed by atoms with E-state index in [-0.39, 0.29) is 12.1 Å². The summed E-state index contributed by atoms with van der Waals surface area (Å²) in [6, 6.07) is 0. The number of aliphatic hydroxyl groups excluding tert-OH is 1. The van der Waals surface area contributed by atoms with E-state index in [1.807, 2.05) is 0 Å². The Kier molecular flexibility index (Phi) is 4.99. The molecule has 4 heteroatoms. The molecule has 1 aliphatic rings. The number of ether oxygens (including phenoxy) is 1. The van der Waals surface area contributed by atoms with E-state index in [2.05, 4.69) is 23.9 Å². The van der Waals surface area contributed by atoms with E-state index in [0.717, 1.165) is 39.1 Å². The summed E-state index contributed by atoms with van der Waals surface area (Å²) in [6.45, 7) is 4.04. The van der Waals surface area contributed by atoms with Crippen LogP contribution in [0.5, 0.6) is 0 Å². The van der Waals surface area contributed by atoms with Crippen molar-refractivity contribution in [3.63, 3.8) is 0 Å². The summed E-state index contributed by atoms with van der Waals surface area (Å²) in [5, 5.41) is 9.56. The fourth-order valence-electron chi connectivity index (χ4n) is 2.25. The first-order valence-corrected chi connectivity index (χ1v) is 5.64. The summed E-state index contributed by atoms with van der Waals surface area (Å²) in [5.41, 5.74) is -0.0496. The second-order valence-corrected chi connectivity index (χ2v) is 4.65. The molecule has 0 aliphatic carbocycles. The Labute approximate surface area is 92.8 Å². The fourth-order valence-corrected chi connectivity index (χ4v) is 2.25. The van der Waals surface area contributed by atoms with Crippen LogP contribution in [0.4, 0.5) is 0 Å². The third-order valence-corrected chi connectivity index (χ3v) is 3.49. The Hall–Kier alpha value is -0.160. The van der Waals surface area contributed by atoms with Gasteiger partial charge in [0.15, 0.2) is 0 Å². The van der Waals surface area contributed by atoms with Gasteiger partial charge >= 0.3 is 0 Å². The maximum absolute atomic E-state index is 9.56. The van der Waals surface area contributed by atoms with Crippen LogP contribution in [0, 0.1) is 0 Å². The zero-order valence-corrected chi connectivity index (χ0v) is 10.2. The fraction of sp³-hybridized carbons (Fsp3) is 1.00. The number of hydrogen-bond acceptors (Lipinski definition) is 4. The van der Waals surface area contributed by atoms with Crippen molar-refractivity contribution in [2.24, 2.45) is 0 Å². The Balaban J connectivity index is 2.52. The highest BCUT2D eigenvalue weighted by Gasteiger charge is 2.36. The molecule has 90 valence electrons. The summed E-state index contributed by atoms with van der Waals surface area (Å²) >= 11 is 0. The lowest BCUT2D eigenvalue weighted by atomic mass is 9.88. The SMILES string of the molecule is COCCN1CCCC(CO)(N(C)C)C1. The maximum Gasteiger partial charge on any atom is 0.0627 e. The van der Waals surface area contributed by atoms with Gasteiger partial charge in [0.05, 0.1) is 18.8 Å². The Morgan fingerprint density at radius 1 is 1.47 bits per heavy atom. The summed E-state index contributed by atoms with van der Waals surface area (Å²) in [5.74, 6) is 0. The van der Waals surface area contributed by atoms with E-state index in [4.69, 9.17) is 4.74 Å². The van der Waals surface area contributed by atoms with Gasteiger partial charge in [-0.3, -0.25) is 4.90 Å². The maximum atomic E-state index is 9.56. The van der Waals surface area contributed by atoms with Gasteiger partial charge in [-0.15, -0.1) is 0 Å². The molecule has 1 atom stereocenters. The third-order valence-electron chi connectivity index (χ3n) is 3.49. The molecule has 0 spiro atoms. The molecule has 1 fully saturated rings. The second kappa shape index (κ2) is 5.80. The highest BCUT2D eigenvalue weighted by atomic mass is 16.5. The van der Waals surface area contributed by atoms with Crippen molar-refractivity contribution < 1.29 is 9.84 Å². The van der Waals surface area contributed by atoms with Gasteiger partial charge in [0.25, 0.3) is 0 Å². The van der Waals surface area contributed by atoms with Crippen molar-refractivity contribution in [3.8, 4) is 0 Å². The molecule has 15 heavy (non-hydrogen) atoms. The molecule has 1 aliphatic heterocycles. The number of piperidine rings is 1. The van der Waals surface area contributed by atoms with Crippen LogP contribution < -0.4 is 0 Å². The third kappa shape index (κ3) is 3.14. The largest absolute Gasteiger partial charge is 0.394 e. The van der Waals surface area contributed by atoms with Crippen LogP contribution in [-0.4, -0.2) is 74.5 Å². The van der Waals surface area contributed by atoms with E-state index in [0.29, 0.717) is 0 Å². The van der Waals surface area contributed by atoms with Crippen molar-refractivity contribution in [2.45, 2.75) is 18.4 Å². The molecular formula is C11H24N2O2. The molecule has 0 aromatic heterocycles. The first-order chi connectivity index (χ1) is 7.14. The molecule has 1 N–H and O–H groups in total. The Bertz CT molecular complexity index is 187. The van der Waals surface area contributed by atoms with Gasteiger partial charge in [0, 0.05) is 20.2 Å². The van der Waals surface area contributed by atoms with Crippen molar-refractivity contribution in [1.82, 2.24) is 9.80 Å². The number of aliphatic hydroxyl groups is 1. The molecule has 1 unspecified atom stereocenters. The van der Waals surface area contributed by atoms with Crippen LogP contribution in [-0.2, 0) is 4.74 Å². The van der Waals surface area contributed by atoms with Crippen LogP contribution in [0.25, 0.3) is 0 Å². The van der Waals surface area contributed by atoms with Gasteiger partial charge in [-0.1, -0.05) is 0 Å². The molecular weight excluding hydrogens is 192 g/mol. The Morgan fingerprint density at radius 2 is 2.20 bits per heavy atom. The Morgan fingerprint density at radius 3 is 2.73 bits per heavy atom. The smallest absolute Gasteiger partial charge is 0.0627 e. The van der Waals surface area contributed by atoms with Crippen molar-refractivity contribution in [3.05, 3.63) is 0 Å². The number of rotatable bonds is 5. The number of likely N-dealkylation sites (tertiary alicyclic amines) is 1. The molecule has 0 aromatic rings. The second-order valence-electron chi connectivity index (χ2n) is 4.65. The average Bonchev–Trinajstić information content (AvgIpc) is 2.26. The molecule has 4 nitrogen and oxygen atoms in total. The van der Waals surface area contributed by atoms with E-state index in [1.54, 1.807) is 7.11 Å². The van der Waals surface area contributed by atoms with Gasteiger partial charge in [-0.25, -0.2) is 0 Å². The van der Waals surface area contributed by atoms with Crippen LogP contribution in [0.15, 0.2) is 0 Å². The zero-order valence-electron chi connectivity index (χ0n) is 10.2. The van der Waals surface area contributed by atoms with Gasteiger partial charge in [0.2, 0.25) is 0 Å². The summed E-state index contributed by atoms with van der Waals surface area (Å²) in [6.07, 6.45) is 2.24. The van der Waals surface area contributed by atoms with Crippen LogP contribution in [0.3, 0.4) is 0 Å². The van der Waals surface area contributed by atoms with Crippen molar-refractivity contribution in [1.29, 1.82) is 0 Å². The topological polar surface area (TPSA) is 35.9 Å². The van der Waals surface area contributed by atoms with E-state index in [9.17, 15) is 5.11 Å². The molecule has 1 heterocycles. The summed E-state index contributed by atoms with van der Waals surface area (Å²) in [7, 11) is 5.83. The lowest BCUT2D eigenvalue weighted by Gasteiger charge is -2.46. The number of methoxy groups -OCH3 is 1. The number of nitrogens with zero attached hydrogens (tertiary/aromatic N) is 2. The first-order valence-electron chi connectivity index (χ1n) is 5.64. The first kappa shape index (κ1) is 12.9. The molecule has 0 bridgehead atoms. The van der Waals surface area contributed by atoms with E-state index < -0.39 is 0 Å². The quantitative estimate of drug-likeness (QED) is 0.703. The van der Waals surface area contributed by atoms with Crippen molar-refractivity contribution in [2.75, 3.05) is 54.1 Å². The molecule has 1 saturated heterocycles. The average molecular weight is 216 g/mol. The number of hydrogen-bond donors (Lipinski definition) is 1. The van der Waals surface area contributed by atoms with Gasteiger partial charge in [-0.05, 0) is 33.5 Å². The van der Waals surface area contributed by atoms with Gasteiger partial charge in [-0.2, -0.15) is 0 Å². The van der Waals surface area contributed by atoms with Crippen LogP contribution in [0.1, 0.15) is 12.8 Å². The van der Waals surface area contributed by atoms with Crippen LogP contribution in [0.2, 0.25) is 0 Å². The van der Waals surface area contributed by atoms with E-state index >= 15 is 0 Å². The standard InChI is InChI=1S/C11H24N2O2/c1-12(2)11(10-14)5-4-6-13(9-11)7-8-15-3/h14H,4-10H2,1-3H3. The number of likely N-dealkylation sites (N-methyl/N-ethyl adjacent to an activating group) is 1. The van der Waals surface area contributed by atoms with Gasteiger partial charge in [0.1, 0.15) is 0 Å². The van der Waals surface area contributed by atoms with E-state index in [1.165, 1.54) is 0 Å². The van der Waals surface area contributed by atoms with Gasteiger partial charge < -0.3 is 14.7 Å². The normalized spacial score (nSPS) is 28.6. The van der Waals surface area contributed by atoms with Crippen LogP contribution >= 0.6 is 0 Å². The minimum atomic E-state index is -0.0496. The minimum Gasteiger partial charge on any atom is -0.394 e. The predicted molar refractivity (Wildman–Crippen MR) is 61.1 cm³/mol. The molecule has 0 amide bonds. The monoisotopic (exact) mass is 216 g/mol. The summed E-state index contributed by atoms with van der Waals surface area (Å²) < 4.78 is 5.09.